The van der Waals surface area contributed by atoms with E-state index in [9.17, 15) is 9.59 Å². The van der Waals surface area contributed by atoms with E-state index in [1.807, 2.05) is 48.2 Å². The molecule has 0 saturated carbocycles. The Morgan fingerprint density at radius 2 is 1.75 bits per heavy atom. The largest absolute Gasteiger partial charge is 0.339 e. The van der Waals surface area contributed by atoms with Crippen LogP contribution in [-0.2, 0) is 11.2 Å². The van der Waals surface area contributed by atoms with Gasteiger partial charge in [0.2, 0.25) is 5.91 Å². The van der Waals surface area contributed by atoms with Gasteiger partial charge in [0.05, 0.1) is 11.9 Å². The summed E-state index contributed by atoms with van der Waals surface area (Å²) in [5.74, 6) is -0.251. The molecule has 1 saturated heterocycles. The molecular weight excluding hydrogens is 400 g/mol. The molecule has 0 aliphatic carbocycles. The van der Waals surface area contributed by atoms with E-state index in [1.54, 1.807) is 11.1 Å². The van der Waals surface area contributed by atoms with Crippen molar-refractivity contribution in [2.24, 2.45) is 0 Å². The summed E-state index contributed by atoms with van der Waals surface area (Å²) in [6.45, 7) is 5.61. The van der Waals surface area contributed by atoms with Crippen molar-refractivity contribution >= 4 is 11.8 Å². The molecule has 2 amide bonds. The molecule has 1 unspecified atom stereocenters. The quantitative estimate of drug-likeness (QED) is 0.600. The predicted molar refractivity (Wildman–Crippen MR) is 124 cm³/mol. The average molecular weight is 429 g/mol. The van der Waals surface area contributed by atoms with Crippen LogP contribution in [0.2, 0.25) is 0 Å². The Balaban J connectivity index is 1.68. The molecule has 2 aromatic carbocycles. The van der Waals surface area contributed by atoms with Crippen LogP contribution in [0.1, 0.15) is 35.1 Å². The van der Waals surface area contributed by atoms with Crippen LogP contribution in [0.4, 0.5) is 0 Å². The summed E-state index contributed by atoms with van der Waals surface area (Å²) in [5, 5.41) is 0. The monoisotopic (exact) mass is 428 g/mol. The molecule has 6 nitrogen and oxygen atoms in total. The number of piperazine rings is 1. The lowest BCUT2D eigenvalue weighted by Gasteiger charge is -2.40. The fraction of sp³-hybridized carbons (Fsp3) is 0.308. The molecular formula is C26H28N4O2. The van der Waals surface area contributed by atoms with E-state index in [0.717, 1.165) is 28.8 Å². The average Bonchev–Trinajstić information content (AvgIpc) is 2.83. The molecule has 2 heterocycles. The fourth-order valence-corrected chi connectivity index (χ4v) is 4.23. The number of hydrogen-bond donors (Lipinski definition) is 0. The summed E-state index contributed by atoms with van der Waals surface area (Å²) in [6.07, 6.45) is 4.42. The lowest BCUT2D eigenvalue weighted by atomic mass is 9.93. The first-order chi connectivity index (χ1) is 15.6. The van der Waals surface area contributed by atoms with E-state index in [0.29, 0.717) is 26.1 Å². The zero-order valence-electron chi connectivity index (χ0n) is 18.6. The Labute approximate surface area is 188 Å². The number of carbonyl (C=O) groups is 2. The van der Waals surface area contributed by atoms with Gasteiger partial charge in [0, 0.05) is 32.3 Å². The van der Waals surface area contributed by atoms with E-state index in [4.69, 9.17) is 0 Å². The van der Waals surface area contributed by atoms with E-state index in [2.05, 4.69) is 35.1 Å². The van der Waals surface area contributed by atoms with Crippen LogP contribution < -0.4 is 0 Å². The SMILES string of the molecule is CCCN1CCN(C(=O)c2cnc(C)cn2)C(Cc2ccccc2-c2ccccc2)C1=O. The number of carbonyl (C=O) groups excluding carboxylic acids is 2. The fourth-order valence-electron chi connectivity index (χ4n) is 4.23. The summed E-state index contributed by atoms with van der Waals surface area (Å²) in [5.41, 5.74) is 4.24. The number of aryl methyl sites for hydroxylation is 1. The van der Waals surface area contributed by atoms with Gasteiger partial charge < -0.3 is 9.80 Å². The zero-order chi connectivity index (χ0) is 22.5. The van der Waals surface area contributed by atoms with Gasteiger partial charge in [0.1, 0.15) is 11.7 Å². The van der Waals surface area contributed by atoms with Gasteiger partial charge in [-0.25, -0.2) is 4.98 Å². The van der Waals surface area contributed by atoms with Crippen LogP contribution in [0, 0.1) is 6.92 Å². The standard InChI is InChI=1S/C26H28N4O2/c1-3-13-29-14-15-30(25(31)23-18-27-19(2)17-28-23)24(26(29)32)16-21-11-7-8-12-22(21)20-9-5-4-6-10-20/h4-12,17-18,24H,3,13-16H2,1-2H3. The van der Waals surface area contributed by atoms with Gasteiger partial charge in [0.15, 0.2) is 0 Å². The molecule has 1 fully saturated rings. The molecule has 0 bridgehead atoms. The van der Waals surface area contributed by atoms with Crippen molar-refractivity contribution in [3.8, 4) is 11.1 Å². The molecule has 1 aliphatic heterocycles. The summed E-state index contributed by atoms with van der Waals surface area (Å²) < 4.78 is 0. The maximum atomic E-state index is 13.5. The summed E-state index contributed by atoms with van der Waals surface area (Å²) >= 11 is 0. The van der Waals surface area contributed by atoms with Crippen molar-refractivity contribution in [3.05, 3.63) is 83.9 Å². The Morgan fingerprint density at radius 1 is 1.00 bits per heavy atom. The lowest BCUT2D eigenvalue weighted by Crippen LogP contribution is -2.59. The van der Waals surface area contributed by atoms with Crippen LogP contribution in [-0.4, -0.2) is 57.3 Å². The van der Waals surface area contributed by atoms with E-state index >= 15 is 0 Å². The molecule has 0 N–H and O–H groups in total. The zero-order valence-corrected chi connectivity index (χ0v) is 18.6. The number of benzene rings is 2. The number of hydrogen-bond acceptors (Lipinski definition) is 4. The van der Waals surface area contributed by atoms with Crippen LogP contribution in [0.25, 0.3) is 11.1 Å². The van der Waals surface area contributed by atoms with Crippen molar-refractivity contribution in [2.45, 2.75) is 32.7 Å². The minimum atomic E-state index is -0.573. The van der Waals surface area contributed by atoms with Gasteiger partial charge in [-0.05, 0) is 30.0 Å². The molecule has 1 aromatic heterocycles. The number of aromatic nitrogens is 2. The third-order valence-corrected chi connectivity index (χ3v) is 5.85. The van der Waals surface area contributed by atoms with Crippen molar-refractivity contribution in [1.29, 1.82) is 0 Å². The second-order valence-electron chi connectivity index (χ2n) is 8.11. The maximum absolute atomic E-state index is 13.5. The topological polar surface area (TPSA) is 66.4 Å². The Kier molecular flexibility index (Phi) is 6.59. The van der Waals surface area contributed by atoms with Gasteiger partial charge in [-0.3, -0.25) is 14.6 Å². The smallest absolute Gasteiger partial charge is 0.274 e. The summed E-state index contributed by atoms with van der Waals surface area (Å²) in [6, 6.07) is 17.7. The first-order valence-corrected chi connectivity index (χ1v) is 11.1. The van der Waals surface area contributed by atoms with Gasteiger partial charge >= 0.3 is 0 Å². The Bertz CT molecular complexity index is 1080. The highest BCUT2D eigenvalue weighted by molar-refractivity contribution is 5.97. The predicted octanol–water partition coefficient (Wildman–Crippen LogP) is 3.76. The maximum Gasteiger partial charge on any atom is 0.274 e. The van der Waals surface area contributed by atoms with Crippen molar-refractivity contribution in [3.63, 3.8) is 0 Å². The number of nitrogens with zero attached hydrogens (tertiary/aromatic N) is 4. The third-order valence-electron chi connectivity index (χ3n) is 5.85. The van der Waals surface area contributed by atoms with Crippen molar-refractivity contribution < 1.29 is 9.59 Å². The molecule has 4 rings (SSSR count). The molecule has 3 aromatic rings. The van der Waals surface area contributed by atoms with Crippen LogP contribution >= 0.6 is 0 Å². The van der Waals surface area contributed by atoms with Crippen LogP contribution in [0.3, 0.4) is 0 Å². The van der Waals surface area contributed by atoms with Crippen LogP contribution in [0.5, 0.6) is 0 Å². The third kappa shape index (κ3) is 4.54. The van der Waals surface area contributed by atoms with Gasteiger partial charge in [-0.1, -0.05) is 61.5 Å². The Morgan fingerprint density at radius 3 is 2.47 bits per heavy atom. The minimum Gasteiger partial charge on any atom is -0.339 e. The molecule has 32 heavy (non-hydrogen) atoms. The molecule has 0 radical (unpaired) electrons. The van der Waals surface area contributed by atoms with Gasteiger partial charge in [0.25, 0.3) is 5.91 Å². The highest BCUT2D eigenvalue weighted by Crippen LogP contribution is 2.27. The second-order valence-corrected chi connectivity index (χ2v) is 8.11. The van der Waals surface area contributed by atoms with E-state index < -0.39 is 6.04 Å². The van der Waals surface area contributed by atoms with Crippen LogP contribution in [0.15, 0.2) is 67.0 Å². The normalized spacial score (nSPS) is 16.3. The summed E-state index contributed by atoms with van der Waals surface area (Å²) in [4.78, 5) is 38.8. The highest BCUT2D eigenvalue weighted by atomic mass is 16.2. The lowest BCUT2D eigenvalue weighted by molar-refractivity contribution is -0.140. The second kappa shape index (κ2) is 9.73. The molecule has 6 heteroatoms. The minimum absolute atomic E-state index is 0.00520. The molecule has 0 spiro atoms. The van der Waals surface area contributed by atoms with Gasteiger partial charge in [-0.2, -0.15) is 0 Å². The number of amides is 2. The molecule has 1 atom stereocenters. The van der Waals surface area contributed by atoms with E-state index in [1.165, 1.54) is 6.20 Å². The molecule has 164 valence electrons. The van der Waals surface area contributed by atoms with Gasteiger partial charge in [-0.15, -0.1) is 0 Å². The first-order valence-electron chi connectivity index (χ1n) is 11.1. The number of rotatable bonds is 6. The van der Waals surface area contributed by atoms with Crippen molar-refractivity contribution in [2.75, 3.05) is 19.6 Å². The first kappa shape index (κ1) is 21.7. The molecule has 1 aliphatic rings. The summed E-state index contributed by atoms with van der Waals surface area (Å²) in [7, 11) is 0. The van der Waals surface area contributed by atoms with E-state index in [-0.39, 0.29) is 17.5 Å². The highest BCUT2D eigenvalue weighted by Gasteiger charge is 2.38. The van der Waals surface area contributed by atoms with Crippen molar-refractivity contribution in [1.82, 2.24) is 19.8 Å². The Hall–Kier alpha value is -3.54.